The fraction of sp³-hybridized carbons (Fsp3) is 0.385. The summed E-state index contributed by atoms with van der Waals surface area (Å²) in [6, 6.07) is 6.38. The lowest BCUT2D eigenvalue weighted by molar-refractivity contribution is 0.157. The molecule has 0 spiro atoms. The van der Waals surface area contributed by atoms with Crippen LogP contribution in [0.25, 0.3) is 0 Å². The summed E-state index contributed by atoms with van der Waals surface area (Å²) in [4.78, 5) is 2.35. The predicted octanol–water partition coefficient (Wildman–Crippen LogP) is 4.17. The zero-order valence-corrected chi connectivity index (χ0v) is 13.3. The largest absolute Gasteiger partial charge is 0.388 e. The van der Waals surface area contributed by atoms with Gasteiger partial charge in [-0.15, -0.1) is 22.7 Å². The summed E-state index contributed by atoms with van der Waals surface area (Å²) >= 11 is 6.80. The molecule has 2 aromatic heterocycles. The monoisotopic (exact) mass is 345 g/mol. The van der Waals surface area contributed by atoms with Crippen LogP contribution < -0.4 is 5.32 Å². The summed E-state index contributed by atoms with van der Waals surface area (Å²) in [6.45, 7) is 2.97. The van der Waals surface area contributed by atoms with E-state index in [2.05, 4.69) is 39.6 Å². The van der Waals surface area contributed by atoms with Crippen molar-refractivity contribution in [1.82, 2.24) is 5.32 Å². The molecule has 0 amide bonds. The van der Waals surface area contributed by atoms with Gasteiger partial charge in [0.25, 0.3) is 0 Å². The summed E-state index contributed by atoms with van der Waals surface area (Å²) in [5, 5.41) is 17.6. The van der Waals surface area contributed by atoms with E-state index < -0.39 is 0 Å². The van der Waals surface area contributed by atoms with Gasteiger partial charge in [0.05, 0.1) is 6.10 Å². The van der Waals surface area contributed by atoms with Gasteiger partial charge < -0.3 is 10.4 Å². The maximum Gasteiger partial charge on any atom is 0.0896 e. The molecular formula is C13H16BrNOS2. The average Bonchev–Trinajstić information content (AvgIpc) is 2.97. The molecule has 2 atom stereocenters. The van der Waals surface area contributed by atoms with E-state index in [-0.39, 0.29) is 6.10 Å². The zero-order chi connectivity index (χ0) is 13.0. The molecule has 0 bridgehead atoms. The Morgan fingerprint density at radius 3 is 2.89 bits per heavy atom. The molecule has 2 rings (SSSR count). The van der Waals surface area contributed by atoms with Gasteiger partial charge in [0, 0.05) is 32.2 Å². The molecule has 2 unspecified atom stereocenters. The summed E-state index contributed by atoms with van der Waals surface area (Å²) in [5.41, 5.74) is 0. The summed E-state index contributed by atoms with van der Waals surface area (Å²) < 4.78 is 1.13. The van der Waals surface area contributed by atoms with Gasteiger partial charge in [-0.2, -0.15) is 0 Å². The Balaban J connectivity index is 1.76. The van der Waals surface area contributed by atoms with E-state index in [1.165, 1.54) is 4.88 Å². The fourth-order valence-electron chi connectivity index (χ4n) is 1.74. The van der Waals surface area contributed by atoms with E-state index in [0.717, 1.165) is 22.3 Å². The second kappa shape index (κ2) is 6.82. The third kappa shape index (κ3) is 4.17. The first-order valence-corrected chi connectivity index (χ1v) is 8.38. The number of aliphatic hydroxyl groups excluding tert-OH is 1. The quantitative estimate of drug-likeness (QED) is 0.823. The van der Waals surface area contributed by atoms with E-state index in [1.54, 1.807) is 22.7 Å². The van der Waals surface area contributed by atoms with Crippen LogP contribution in [0.4, 0.5) is 0 Å². The zero-order valence-electron chi connectivity index (χ0n) is 10.1. The van der Waals surface area contributed by atoms with E-state index in [1.807, 2.05) is 17.5 Å². The van der Waals surface area contributed by atoms with E-state index in [4.69, 9.17) is 0 Å². The lowest BCUT2D eigenvalue weighted by Crippen LogP contribution is -2.26. The highest BCUT2D eigenvalue weighted by atomic mass is 79.9. The molecular weight excluding hydrogens is 330 g/mol. The minimum Gasteiger partial charge on any atom is -0.388 e. The third-order valence-corrected chi connectivity index (χ3v) is 5.37. The number of nitrogens with one attached hydrogen (secondary N) is 1. The van der Waals surface area contributed by atoms with Gasteiger partial charge in [0.2, 0.25) is 0 Å². The van der Waals surface area contributed by atoms with Gasteiger partial charge in [0.15, 0.2) is 0 Å². The second-order valence-corrected chi connectivity index (χ2v) is 7.17. The highest BCUT2D eigenvalue weighted by Gasteiger charge is 2.13. The van der Waals surface area contributed by atoms with Crippen molar-refractivity contribution in [3.63, 3.8) is 0 Å². The molecule has 0 aromatic carbocycles. The first kappa shape index (κ1) is 14.2. The van der Waals surface area contributed by atoms with E-state index in [0.29, 0.717) is 6.04 Å². The number of halogens is 1. The van der Waals surface area contributed by atoms with Crippen molar-refractivity contribution in [2.75, 3.05) is 0 Å². The molecule has 0 fully saturated rings. The molecule has 2 N–H and O–H groups in total. The third-order valence-electron chi connectivity index (χ3n) is 2.69. The van der Waals surface area contributed by atoms with Crippen molar-refractivity contribution in [2.45, 2.75) is 32.0 Å². The number of thiophene rings is 2. The minimum absolute atomic E-state index is 0.294. The van der Waals surface area contributed by atoms with Crippen LogP contribution in [-0.2, 0) is 6.54 Å². The van der Waals surface area contributed by atoms with Crippen molar-refractivity contribution >= 4 is 38.6 Å². The van der Waals surface area contributed by atoms with E-state index in [9.17, 15) is 5.11 Å². The molecule has 98 valence electrons. The maximum absolute atomic E-state index is 10.0. The first-order chi connectivity index (χ1) is 8.65. The van der Waals surface area contributed by atoms with Gasteiger partial charge in [-0.1, -0.05) is 6.07 Å². The van der Waals surface area contributed by atoms with Gasteiger partial charge in [-0.05, 0) is 46.8 Å². The first-order valence-electron chi connectivity index (χ1n) is 5.83. The highest BCUT2D eigenvalue weighted by molar-refractivity contribution is 9.10. The Kier molecular flexibility index (Phi) is 5.38. The standard InChI is InChI=1S/C13H16BrNOS2/c1-9(5-12(16)13-3-2-4-17-13)15-7-11-6-10(14)8-18-11/h2-4,6,8-9,12,15-16H,5,7H2,1H3. The normalized spacial score (nSPS) is 14.6. The Labute approximate surface area is 124 Å². The second-order valence-electron chi connectivity index (χ2n) is 4.28. The number of aliphatic hydroxyl groups is 1. The van der Waals surface area contributed by atoms with Gasteiger partial charge in [0.1, 0.15) is 0 Å². The molecule has 0 aliphatic rings. The molecule has 0 aliphatic heterocycles. The Hall–Kier alpha value is -0.200. The molecule has 2 aromatic rings. The predicted molar refractivity (Wildman–Crippen MR) is 82.2 cm³/mol. The number of hydrogen-bond donors (Lipinski definition) is 2. The van der Waals surface area contributed by atoms with Crippen LogP contribution in [0.3, 0.4) is 0 Å². The lowest BCUT2D eigenvalue weighted by Gasteiger charge is -2.16. The van der Waals surface area contributed by atoms with Crippen LogP contribution >= 0.6 is 38.6 Å². The lowest BCUT2D eigenvalue weighted by atomic mass is 10.1. The molecule has 0 saturated heterocycles. The minimum atomic E-state index is -0.359. The smallest absolute Gasteiger partial charge is 0.0896 e. The number of rotatable bonds is 6. The summed E-state index contributed by atoms with van der Waals surface area (Å²) in [5.74, 6) is 0. The van der Waals surface area contributed by atoms with Crippen molar-refractivity contribution < 1.29 is 5.11 Å². The van der Waals surface area contributed by atoms with Gasteiger partial charge in [-0.25, -0.2) is 0 Å². The summed E-state index contributed by atoms with van der Waals surface area (Å²) in [6.07, 6.45) is 0.384. The van der Waals surface area contributed by atoms with Crippen molar-refractivity contribution in [3.05, 3.63) is 43.2 Å². The van der Waals surface area contributed by atoms with Gasteiger partial charge >= 0.3 is 0 Å². The SMILES string of the molecule is CC(CC(O)c1cccs1)NCc1cc(Br)cs1. The van der Waals surface area contributed by atoms with Crippen molar-refractivity contribution in [2.24, 2.45) is 0 Å². The van der Waals surface area contributed by atoms with Crippen LogP contribution in [0.5, 0.6) is 0 Å². The van der Waals surface area contributed by atoms with Gasteiger partial charge in [-0.3, -0.25) is 0 Å². The van der Waals surface area contributed by atoms with Crippen LogP contribution in [0.1, 0.15) is 29.2 Å². The maximum atomic E-state index is 10.0. The Morgan fingerprint density at radius 1 is 1.44 bits per heavy atom. The average molecular weight is 346 g/mol. The van der Waals surface area contributed by atoms with Crippen molar-refractivity contribution in [3.8, 4) is 0 Å². The molecule has 2 nitrogen and oxygen atoms in total. The van der Waals surface area contributed by atoms with Crippen molar-refractivity contribution in [1.29, 1.82) is 0 Å². The molecule has 0 saturated carbocycles. The van der Waals surface area contributed by atoms with Crippen LogP contribution in [0.15, 0.2) is 33.4 Å². The topological polar surface area (TPSA) is 32.3 Å². The molecule has 2 heterocycles. The highest BCUT2D eigenvalue weighted by Crippen LogP contribution is 2.23. The van der Waals surface area contributed by atoms with Crippen LogP contribution in [0, 0.1) is 0 Å². The molecule has 5 heteroatoms. The van der Waals surface area contributed by atoms with E-state index >= 15 is 0 Å². The van der Waals surface area contributed by atoms with Crippen LogP contribution in [-0.4, -0.2) is 11.1 Å². The Bertz CT molecular complexity index is 469. The fourth-order valence-corrected chi connectivity index (χ4v) is 3.86. The number of hydrogen-bond acceptors (Lipinski definition) is 4. The van der Waals surface area contributed by atoms with Crippen LogP contribution in [0.2, 0.25) is 0 Å². The summed E-state index contributed by atoms with van der Waals surface area (Å²) in [7, 11) is 0. The Morgan fingerprint density at radius 2 is 2.28 bits per heavy atom. The molecule has 0 aliphatic carbocycles. The molecule has 0 radical (unpaired) electrons. The molecule has 18 heavy (non-hydrogen) atoms.